The summed E-state index contributed by atoms with van der Waals surface area (Å²) in [5.41, 5.74) is 3.35. The number of halogens is 1. The smallest absolute Gasteiger partial charge is 0.228 e. The maximum atomic E-state index is 13.3. The molecule has 4 rings (SSSR count). The van der Waals surface area contributed by atoms with E-state index in [0.29, 0.717) is 25.2 Å². The molecule has 0 unspecified atom stereocenters. The van der Waals surface area contributed by atoms with Crippen molar-refractivity contribution in [3.05, 3.63) is 46.2 Å². The molecule has 0 radical (unpaired) electrons. The zero-order chi connectivity index (χ0) is 19.7. The molecule has 1 aromatic carbocycles. The largest absolute Gasteiger partial charge is 0.343 e. The number of likely N-dealkylation sites (tertiary alicyclic amines) is 1. The predicted molar refractivity (Wildman–Crippen MR) is 107 cm³/mol. The van der Waals surface area contributed by atoms with E-state index in [1.807, 2.05) is 17.3 Å². The fourth-order valence-corrected chi connectivity index (χ4v) is 4.99. The molecule has 1 aliphatic heterocycles. The number of aryl methyl sites for hydroxylation is 2. The second-order valence-corrected chi connectivity index (χ2v) is 8.80. The average Bonchev–Trinajstić information content (AvgIpc) is 3.22. The van der Waals surface area contributed by atoms with Crippen LogP contribution in [0.4, 0.5) is 10.1 Å². The van der Waals surface area contributed by atoms with Gasteiger partial charge in [-0.3, -0.25) is 9.59 Å². The average molecular weight is 402 g/mol. The number of aromatic nitrogens is 1. The first-order chi connectivity index (χ1) is 13.5. The Morgan fingerprint density at radius 2 is 2.14 bits per heavy atom. The van der Waals surface area contributed by atoms with Crippen molar-refractivity contribution >= 4 is 28.8 Å². The molecule has 2 amide bonds. The fraction of sp³-hybridized carbons (Fsp3) is 0.476. The summed E-state index contributed by atoms with van der Waals surface area (Å²) in [4.78, 5) is 32.4. The van der Waals surface area contributed by atoms with Crippen molar-refractivity contribution in [2.75, 3.05) is 18.4 Å². The maximum absolute atomic E-state index is 13.3. The minimum absolute atomic E-state index is 0.0163. The molecule has 2 heterocycles. The van der Waals surface area contributed by atoms with Crippen LogP contribution < -0.4 is 5.32 Å². The van der Waals surface area contributed by atoms with Gasteiger partial charge in [0.25, 0.3) is 0 Å². The Balaban J connectivity index is 1.25. The molecule has 1 saturated heterocycles. The minimum atomic E-state index is -0.358. The Bertz CT molecular complexity index is 889. The number of anilines is 1. The van der Waals surface area contributed by atoms with Crippen molar-refractivity contribution < 1.29 is 14.0 Å². The molecular weight excluding hydrogens is 377 g/mol. The summed E-state index contributed by atoms with van der Waals surface area (Å²) in [6.45, 7) is 3.40. The fourth-order valence-electron chi connectivity index (χ4n) is 4.21. The van der Waals surface area contributed by atoms with Crippen LogP contribution in [-0.4, -0.2) is 34.8 Å². The SMILES string of the molecule is Cc1ncsc1CCC(=O)N1CCC2(CC1)C[C@H]2C(=O)Nc1cccc(F)c1. The summed E-state index contributed by atoms with van der Waals surface area (Å²) in [6, 6.07) is 5.98. The van der Waals surface area contributed by atoms with Crippen LogP contribution in [0.1, 0.15) is 36.3 Å². The third-order valence-electron chi connectivity index (χ3n) is 6.12. The van der Waals surface area contributed by atoms with Gasteiger partial charge >= 0.3 is 0 Å². The molecular formula is C21H24FN3O2S. The van der Waals surface area contributed by atoms with Crippen molar-refractivity contribution in [3.8, 4) is 0 Å². The van der Waals surface area contributed by atoms with Gasteiger partial charge < -0.3 is 10.2 Å². The van der Waals surface area contributed by atoms with Crippen LogP contribution in [0.2, 0.25) is 0 Å². The molecule has 1 aliphatic carbocycles. The second-order valence-electron chi connectivity index (χ2n) is 7.86. The molecule has 28 heavy (non-hydrogen) atoms. The van der Waals surface area contributed by atoms with Gasteiger partial charge in [0.2, 0.25) is 11.8 Å². The van der Waals surface area contributed by atoms with Crippen LogP contribution in [-0.2, 0) is 16.0 Å². The first-order valence-electron chi connectivity index (χ1n) is 9.70. The highest BCUT2D eigenvalue weighted by Gasteiger charge is 2.58. The lowest BCUT2D eigenvalue weighted by Crippen LogP contribution is -2.40. The Morgan fingerprint density at radius 3 is 2.82 bits per heavy atom. The standard InChI is InChI=1S/C21H24FN3O2S/c1-14-18(28-13-23-14)5-6-19(26)25-9-7-21(8-10-25)12-17(21)20(27)24-16-4-2-3-15(22)11-16/h2-4,11,13,17H,5-10,12H2,1H3,(H,24,27)/t17-/m0/s1. The molecule has 2 aromatic rings. The number of thiazole rings is 1. The molecule has 7 heteroatoms. The van der Waals surface area contributed by atoms with Gasteiger partial charge in [-0.1, -0.05) is 6.07 Å². The van der Waals surface area contributed by atoms with Crippen molar-refractivity contribution in [1.29, 1.82) is 0 Å². The lowest BCUT2D eigenvalue weighted by atomic mass is 9.90. The first kappa shape index (κ1) is 19.1. The van der Waals surface area contributed by atoms with E-state index in [1.165, 1.54) is 17.0 Å². The van der Waals surface area contributed by atoms with Crippen molar-refractivity contribution in [1.82, 2.24) is 9.88 Å². The number of rotatable bonds is 5. The van der Waals surface area contributed by atoms with Crippen LogP contribution in [0.15, 0.2) is 29.8 Å². The number of hydrogen-bond donors (Lipinski definition) is 1. The third-order valence-corrected chi connectivity index (χ3v) is 7.12. The molecule has 148 valence electrons. The Hall–Kier alpha value is -2.28. The van der Waals surface area contributed by atoms with Crippen molar-refractivity contribution in [2.45, 2.75) is 39.0 Å². The number of piperidine rings is 1. The zero-order valence-electron chi connectivity index (χ0n) is 15.9. The van der Waals surface area contributed by atoms with E-state index < -0.39 is 0 Å². The molecule has 1 saturated carbocycles. The number of carbonyl (C=O) groups is 2. The Morgan fingerprint density at radius 1 is 1.36 bits per heavy atom. The highest BCUT2D eigenvalue weighted by Crippen LogP contribution is 2.59. The molecule has 0 bridgehead atoms. The van der Waals surface area contributed by atoms with Gasteiger partial charge in [0.1, 0.15) is 5.82 Å². The number of nitrogens with one attached hydrogen (secondary N) is 1. The lowest BCUT2D eigenvalue weighted by molar-refractivity contribution is -0.132. The molecule has 1 N–H and O–H groups in total. The summed E-state index contributed by atoms with van der Waals surface area (Å²) >= 11 is 1.60. The maximum Gasteiger partial charge on any atom is 0.228 e. The number of carbonyl (C=O) groups excluding carboxylic acids is 2. The van der Waals surface area contributed by atoms with E-state index in [0.717, 1.165) is 31.4 Å². The lowest BCUT2D eigenvalue weighted by Gasteiger charge is -2.33. The summed E-state index contributed by atoms with van der Waals surface area (Å²) < 4.78 is 13.3. The highest BCUT2D eigenvalue weighted by atomic mass is 32.1. The van der Waals surface area contributed by atoms with Crippen LogP contribution in [0.5, 0.6) is 0 Å². The molecule has 5 nitrogen and oxygen atoms in total. The number of hydrogen-bond acceptors (Lipinski definition) is 4. The molecule has 2 fully saturated rings. The predicted octanol–water partition coefficient (Wildman–Crippen LogP) is 3.79. The molecule has 1 aromatic heterocycles. The van der Waals surface area contributed by atoms with E-state index in [2.05, 4.69) is 10.3 Å². The quantitative estimate of drug-likeness (QED) is 0.829. The molecule has 1 spiro atoms. The topological polar surface area (TPSA) is 62.3 Å². The van der Waals surface area contributed by atoms with E-state index >= 15 is 0 Å². The normalized spacial score (nSPS) is 20.2. The van der Waals surface area contributed by atoms with Crippen LogP contribution >= 0.6 is 11.3 Å². The summed E-state index contributed by atoms with van der Waals surface area (Å²) in [6.07, 6.45) is 3.84. The van der Waals surface area contributed by atoms with E-state index in [-0.39, 0.29) is 29.0 Å². The summed E-state index contributed by atoms with van der Waals surface area (Å²) in [7, 11) is 0. The molecule has 1 atom stereocenters. The van der Waals surface area contributed by atoms with Crippen LogP contribution in [0, 0.1) is 24.1 Å². The second kappa shape index (κ2) is 7.62. The monoisotopic (exact) mass is 401 g/mol. The van der Waals surface area contributed by atoms with Gasteiger partial charge in [-0.2, -0.15) is 0 Å². The van der Waals surface area contributed by atoms with Crippen LogP contribution in [0.3, 0.4) is 0 Å². The van der Waals surface area contributed by atoms with Gasteiger partial charge in [0.15, 0.2) is 0 Å². The third kappa shape index (κ3) is 3.94. The van der Waals surface area contributed by atoms with Gasteiger partial charge in [0, 0.05) is 36.0 Å². The van der Waals surface area contributed by atoms with E-state index in [4.69, 9.17) is 0 Å². The zero-order valence-corrected chi connectivity index (χ0v) is 16.7. The number of nitrogens with zero attached hydrogens (tertiary/aromatic N) is 2. The Labute approximate surface area is 168 Å². The summed E-state index contributed by atoms with van der Waals surface area (Å²) in [5, 5.41) is 2.83. The van der Waals surface area contributed by atoms with Gasteiger partial charge in [-0.25, -0.2) is 9.37 Å². The van der Waals surface area contributed by atoms with Gasteiger partial charge in [0.05, 0.1) is 11.2 Å². The summed E-state index contributed by atoms with van der Waals surface area (Å²) in [5.74, 6) is -0.244. The van der Waals surface area contributed by atoms with E-state index in [1.54, 1.807) is 23.5 Å². The Kier molecular flexibility index (Phi) is 5.19. The first-order valence-corrected chi connectivity index (χ1v) is 10.6. The minimum Gasteiger partial charge on any atom is -0.343 e. The van der Waals surface area contributed by atoms with Crippen molar-refractivity contribution in [2.24, 2.45) is 11.3 Å². The van der Waals surface area contributed by atoms with Gasteiger partial charge in [-0.15, -0.1) is 11.3 Å². The number of amides is 2. The highest BCUT2D eigenvalue weighted by molar-refractivity contribution is 7.09. The number of benzene rings is 1. The molecule has 2 aliphatic rings. The van der Waals surface area contributed by atoms with E-state index in [9.17, 15) is 14.0 Å². The van der Waals surface area contributed by atoms with Crippen molar-refractivity contribution in [3.63, 3.8) is 0 Å². The van der Waals surface area contributed by atoms with Crippen LogP contribution in [0.25, 0.3) is 0 Å². The van der Waals surface area contributed by atoms with Gasteiger partial charge in [-0.05, 0) is 56.2 Å².